The summed E-state index contributed by atoms with van der Waals surface area (Å²) in [6.45, 7) is 0. The number of imidazole rings is 1. The maximum absolute atomic E-state index is 12.7. The fourth-order valence-corrected chi connectivity index (χ4v) is 5.53. The van der Waals surface area contributed by atoms with Gasteiger partial charge in [-0.05, 0) is 28.8 Å². The van der Waals surface area contributed by atoms with Crippen LogP contribution in [0.15, 0.2) is 132 Å². The molecule has 0 amide bonds. The second-order valence-electron chi connectivity index (χ2n) is 10.2. The Balaban J connectivity index is 1.43. The van der Waals surface area contributed by atoms with Crippen LogP contribution in [0.1, 0.15) is 0 Å². The first-order chi connectivity index (χ1) is 20.6. The van der Waals surface area contributed by atoms with E-state index in [4.69, 9.17) is 15.0 Å². The Bertz CT molecular complexity index is 2130. The lowest BCUT2D eigenvalue weighted by atomic mass is 9.99. The predicted octanol–water partition coefficient (Wildman–Crippen LogP) is 7.40. The third kappa shape index (κ3) is 4.39. The lowest BCUT2D eigenvalue weighted by molar-refractivity contribution is 0.795. The van der Waals surface area contributed by atoms with E-state index in [2.05, 4.69) is 36.4 Å². The van der Waals surface area contributed by atoms with Crippen LogP contribution in [0.4, 0.5) is 0 Å². The van der Waals surface area contributed by atoms with Gasteiger partial charge in [0.15, 0.2) is 17.5 Å². The molecule has 0 aliphatic carbocycles. The molecule has 7 rings (SSSR count). The molecule has 202 valence electrons. The van der Waals surface area contributed by atoms with Gasteiger partial charge in [-0.3, -0.25) is 9.13 Å². The molecule has 0 saturated carbocycles. The first-order valence-corrected chi connectivity index (χ1v) is 13.8. The average Bonchev–Trinajstić information content (AvgIpc) is 3.29. The summed E-state index contributed by atoms with van der Waals surface area (Å²) < 4.78 is 3.38. The minimum Gasteiger partial charge on any atom is -0.295 e. The Hall–Kier alpha value is -5.62. The minimum absolute atomic E-state index is 0.0553. The summed E-state index contributed by atoms with van der Waals surface area (Å²) >= 11 is 0. The largest absolute Gasteiger partial charge is 0.328 e. The normalized spacial score (nSPS) is 11.2. The highest BCUT2D eigenvalue weighted by Crippen LogP contribution is 2.34. The van der Waals surface area contributed by atoms with Gasteiger partial charge in [-0.25, -0.2) is 19.7 Å². The van der Waals surface area contributed by atoms with Gasteiger partial charge in [0, 0.05) is 36.3 Å². The standard InChI is InChI=1S/C36H27N5O/c1-40-31-22-12-21-29(32(31)41(2)36(40)42)26-17-11-18-27(23-26)34-37-33(25-15-7-4-8-16-25)38-35(39-34)30-20-10-9-19-28(30)24-13-5-3-6-14-24/h3-23H,1-2H3. The van der Waals surface area contributed by atoms with Crippen molar-refractivity contribution in [1.29, 1.82) is 0 Å². The summed E-state index contributed by atoms with van der Waals surface area (Å²) in [6.07, 6.45) is 0. The van der Waals surface area contributed by atoms with Gasteiger partial charge in [-0.2, -0.15) is 0 Å². The second-order valence-corrected chi connectivity index (χ2v) is 10.2. The molecule has 2 heterocycles. The molecule has 2 aromatic heterocycles. The molecule has 0 unspecified atom stereocenters. The highest BCUT2D eigenvalue weighted by Gasteiger charge is 2.17. The number of aryl methyl sites for hydroxylation is 2. The van der Waals surface area contributed by atoms with Crippen molar-refractivity contribution in [2.24, 2.45) is 14.1 Å². The Labute approximate surface area is 243 Å². The number of hydrogen-bond acceptors (Lipinski definition) is 4. The zero-order valence-corrected chi connectivity index (χ0v) is 23.3. The van der Waals surface area contributed by atoms with E-state index in [0.29, 0.717) is 17.5 Å². The van der Waals surface area contributed by atoms with Crippen molar-refractivity contribution in [1.82, 2.24) is 24.1 Å². The average molecular weight is 546 g/mol. The number of rotatable bonds is 5. The zero-order chi connectivity index (χ0) is 28.6. The van der Waals surface area contributed by atoms with Crippen LogP contribution in [0.3, 0.4) is 0 Å². The number of fused-ring (bicyclic) bond motifs is 1. The van der Waals surface area contributed by atoms with E-state index in [0.717, 1.165) is 50.0 Å². The quantitative estimate of drug-likeness (QED) is 0.226. The predicted molar refractivity (Wildman–Crippen MR) is 169 cm³/mol. The Morgan fingerprint density at radius 3 is 1.71 bits per heavy atom. The topological polar surface area (TPSA) is 65.6 Å². The summed E-state index contributed by atoms with van der Waals surface area (Å²) in [5.41, 5.74) is 8.54. The van der Waals surface area contributed by atoms with E-state index in [-0.39, 0.29) is 5.69 Å². The fourth-order valence-electron chi connectivity index (χ4n) is 5.53. The SMILES string of the molecule is Cn1c(=O)n(C)c2c(-c3cccc(-c4nc(-c5ccccc5)nc(-c5ccccc5-c5ccccc5)n4)c3)cccc21. The molecule has 0 aliphatic rings. The van der Waals surface area contributed by atoms with Crippen LogP contribution < -0.4 is 5.69 Å². The molecule has 0 N–H and O–H groups in total. The maximum atomic E-state index is 12.7. The van der Waals surface area contributed by atoms with Gasteiger partial charge >= 0.3 is 5.69 Å². The van der Waals surface area contributed by atoms with Gasteiger partial charge in [0.2, 0.25) is 0 Å². The van der Waals surface area contributed by atoms with Crippen LogP contribution >= 0.6 is 0 Å². The van der Waals surface area contributed by atoms with E-state index in [1.807, 2.05) is 98.0 Å². The molecular formula is C36H27N5O. The summed E-state index contributed by atoms with van der Waals surface area (Å²) in [5.74, 6) is 1.80. The lowest BCUT2D eigenvalue weighted by Crippen LogP contribution is -2.19. The van der Waals surface area contributed by atoms with Gasteiger partial charge in [0.1, 0.15) is 0 Å². The van der Waals surface area contributed by atoms with Crippen molar-refractivity contribution in [2.75, 3.05) is 0 Å². The Kier molecular flexibility index (Phi) is 6.28. The molecule has 0 atom stereocenters. The van der Waals surface area contributed by atoms with E-state index < -0.39 is 0 Å². The van der Waals surface area contributed by atoms with Crippen LogP contribution in [0, 0.1) is 0 Å². The van der Waals surface area contributed by atoms with E-state index in [1.54, 1.807) is 16.2 Å². The maximum Gasteiger partial charge on any atom is 0.328 e. The van der Waals surface area contributed by atoms with Gasteiger partial charge in [-0.15, -0.1) is 0 Å². The summed E-state index contributed by atoms with van der Waals surface area (Å²) in [5, 5.41) is 0. The van der Waals surface area contributed by atoms with E-state index in [1.165, 1.54) is 0 Å². The Morgan fingerprint density at radius 1 is 0.452 bits per heavy atom. The first kappa shape index (κ1) is 25.4. The molecule has 7 aromatic rings. The van der Waals surface area contributed by atoms with Crippen molar-refractivity contribution in [3.63, 3.8) is 0 Å². The molecule has 5 aromatic carbocycles. The van der Waals surface area contributed by atoms with Crippen molar-refractivity contribution in [2.45, 2.75) is 0 Å². The third-order valence-corrected chi connectivity index (χ3v) is 7.64. The van der Waals surface area contributed by atoms with Crippen LogP contribution in [-0.2, 0) is 14.1 Å². The number of hydrogen-bond donors (Lipinski definition) is 0. The van der Waals surface area contributed by atoms with Crippen LogP contribution in [0.5, 0.6) is 0 Å². The fraction of sp³-hybridized carbons (Fsp3) is 0.0556. The molecule has 0 aliphatic heterocycles. The van der Waals surface area contributed by atoms with Crippen molar-refractivity contribution in [3.8, 4) is 56.4 Å². The van der Waals surface area contributed by atoms with Crippen molar-refractivity contribution in [3.05, 3.63) is 138 Å². The molecule has 0 radical (unpaired) electrons. The van der Waals surface area contributed by atoms with Crippen molar-refractivity contribution < 1.29 is 0 Å². The minimum atomic E-state index is -0.0553. The monoisotopic (exact) mass is 545 g/mol. The third-order valence-electron chi connectivity index (χ3n) is 7.64. The van der Waals surface area contributed by atoms with E-state index >= 15 is 0 Å². The smallest absolute Gasteiger partial charge is 0.295 e. The number of para-hydroxylation sites is 1. The van der Waals surface area contributed by atoms with Crippen LogP contribution in [-0.4, -0.2) is 24.1 Å². The van der Waals surface area contributed by atoms with E-state index in [9.17, 15) is 4.79 Å². The Morgan fingerprint density at radius 2 is 0.976 bits per heavy atom. The zero-order valence-electron chi connectivity index (χ0n) is 23.3. The molecule has 0 fully saturated rings. The van der Waals surface area contributed by atoms with Crippen LogP contribution in [0.25, 0.3) is 67.5 Å². The second kappa shape index (κ2) is 10.4. The molecule has 6 nitrogen and oxygen atoms in total. The number of benzene rings is 5. The molecule has 6 heteroatoms. The van der Waals surface area contributed by atoms with Gasteiger partial charge < -0.3 is 0 Å². The molecule has 0 saturated heterocycles. The van der Waals surface area contributed by atoms with Crippen LogP contribution in [0.2, 0.25) is 0 Å². The molecular weight excluding hydrogens is 518 g/mol. The summed E-state index contributed by atoms with van der Waals surface area (Å²) in [4.78, 5) is 27.7. The number of aromatic nitrogens is 5. The highest BCUT2D eigenvalue weighted by molar-refractivity contribution is 5.93. The molecule has 42 heavy (non-hydrogen) atoms. The van der Waals surface area contributed by atoms with Gasteiger partial charge in [-0.1, -0.05) is 115 Å². The van der Waals surface area contributed by atoms with Gasteiger partial charge in [0.25, 0.3) is 0 Å². The molecule has 0 spiro atoms. The summed E-state index contributed by atoms with van der Waals surface area (Å²) in [7, 11) is 3.61. The number of nitrogens with zero attached hydrogens (tertiary/aromatic N) is 5. The highest BCUT2D eigenvalue weighted by atomic mass is 16.1. The summed E-state index contributed by atoms with van der Waals surface area (Å²) in [6, 6.07) is 42.6. The van der Waals surface area contributed by atoms with Gasteiger partial charge in [0.05, 0.1) is 11.0 Å². The lowest BCUT2D eigenvalue weighted by Gasteiger charge is -2.12. The van der Waals surface area contributed by atoms with Crippen molar-refractivity contribution >= 4 is 11.0 Å². The first-order valence-electron chi connectivity index (χ1n) is 13.8. The molecule has 0 bridgehead atoms.